The van der Waals surface area contributed by atoms with Gasteiger partial charge in [0.15, 0.2) is 6.29 Å². The van der Waals surface area contributed by atoms with Crippen molar-refractivity contribution < 1.29 is 44.5 Å². The van der Waals surface area contributed by atoms with Gasteiger partial charge >= 0.3 is 5.97 Å². The second kappa shape index (κ2) is 10.8. The highest BCUT2D eigenvalue weighted by atomic mass is 16.8. The number of carboxylic acid groups (broad SMARTS) is 1. The van der Waals surface area contributed by atoms with Gasteiger partial charge in [-0.2, -0.15) is 0 Å². The van der Waals surface area contributed by atoms with Crippen molar-refractivity contribution >= 4 is 16.9 Å². The van der Waals surface area contributed by atoms with Crippen LogP contribution in [0.5, 0.6) is 0 Å². The number of rotatable bonds is 7. The number of benzene rings is 1. The fraction of sp³-hybridized carbons (Fsp3) is 0.519. The molecule has 0 amide bonds. The van der Waals surface area contributed by atoms with E-state index in [0.717, 1.165) is 35.8 Å². The standard InChI is InChI=1S/C27H34N2O9/c1-3-13-16(10-19-21-15(8-9-29(19)2)14-6-4-5-7-18(14)28-21)17(25(34)35)12-36-26(13)38-27-24(33)23(32)22(31)20(11-30)37-27/h3-7,12-13,16,19-20,22-24,26-28,30-33H,1,8-11H2,2H3,(H,34,35)/t13-,16+,19?,20-,22-,23+,24-,26+,27+/m1/s1. The van der Waals surface area contributed by atoms with Crippen molar-refractivity contribution in [2.24, 2.45) is 11.8 Å². The minimum atomic E-state index is -1.62. The summed E-state index contributed by atoms with van der Waals surface area (Å²) in [5.41, 5.74) is 3.37. The van der Waals surface area contributed by atoms with Gasteiger partial charge in [-0.25, -0.2) is 4.79 Å². The van der Waals surface area contributed by atoms with Crippen LogP contribution in [0.15, 0.2) is 48.8 Å². The van der Waals surface area contributed by atoms with Crippen LogP contribution < -0.4 is 0 Å². The average Bonchev–Trinajstić information content (AvgIpc) is 3.29. The van der Waals surface area contributed by atoms with Crippen molar-refractivity contribution in [1.82, 2.24) is 9.88 Å². The first kappa shape index (κ1) is 26.8. The monoisotopic (exact) mass is 530 g/mol. The SMILES string of the molecule is C=C[C@H]1[C@H](O[C@@H]2O[C@H](CO)[C@@H](O)[C@H](O)[C@H]2O)OC=C(C(=O)O)[C@H]1CC1c2[nH]c3ccccc3c2CCN1C. The van der Waals surface area contributed by atoms with E-state index in [1.807, 2.05) is 25.2 Å². The van der Waals surface area contributed by atoms with E-state index in [4.69, 9.17) is 14.2 Å². The fourth-order valence-electron chi connectivity index (χ4n) is 5.90. The number of nitrogens with zero attached hydrogens (tertiary/aromatic N) is 1. The number of hydrogen-bond donors (Lipinski definition) is 6. The fourth-order valence-corrected chi connectivity index (χ4v) is 5.90. The third-order valence-electron chi connectivity index (χ3n) is 8.05. The van der Waals surface area contributed by atoms with Crippen LogP contribution >= 0.6 is 0 Å². The quantitative estimate of drug-likeness (QED) is 0.280. The maximum atomic E-state index is 12.2. The Hall–Kier alpha value is -2.77. The molecule has 5 rings (SSSR count). The number of likely N-dealkylation sites (N-methyl/N-ethyl adjacent to an activating group) is 1. The Morgan fingerprint density at radius 3 is 2.68 bits per heavy atom. The molecule has 4 heterocycles. The molecule has 1 fully saturated rings. The molecule has 6 N–H and O–H groups in total. The molecule has 1 unspecified atom stereocenters. The number of fused-ring (bicyclic) bond motifs is 3. The van der Waals surface area contributed by atoms with Gasteiger partial charge in [0.2, 0.25) is 6.29 Å². The molecule has 0 radical (unpaired) electrons. The molecule has 1 aromatic carbocycles. The van der Waals surface area contributed by atoms with Crippen molar-refractivity contribution in [3.63, 3.8) is 0 Å². The molecule has 0 spiro atoms. The number of H-pyrrole nitrogens is 1. The van der Waals surface area contributed by atoms with Crippen molar-refractivity contribution in [2.45, 2.75) is 55.9 Å². The van der Waals surface area contributed by atoms with Gasteiger partial charge in [-0.3, -0.25) is 4.90 Å². The molecule has 3 aliphatic heterocycles. The molecule has 0 bridgehead atoms. The van der Waals surface area contributed by atoms with E-state index < -0.39 is 61.4 Å². The molecular weight excluding hydrogens is 496 g/mol. The minimum absolute atomic E-state index is 0.0696. The van der Waals surface area contributed by atoms with Gasteiger partial charge in [-0.1, -0.05) is 24.3 Å². The molecule has 1 aromatic heterocycles. The van der Waals surface area contributed by atoms with E-state index in [0.29, 0.717) is 6.42 Å². The summed E-state index contributed by atoms with van der Waals surface area (Å²) >= 11 is 0. The summed E-state index contributed by atoms with van der Waals surface area (Å²) < 4.78 is 17.0. The van der Waals surface area contributed by atoms with Crippen LogP contribution in [0.2, 0.25) is 0 Å². The highest BCUT2D eigenvalue weighted by Crippen LogP contribution is 2.43. The molecular formula is C27H34N2O9. The van der Waals surface area contributed by atoms with Crippen LogP contribution in [0.25, 0.3) is 10.9 Å². The number of ether oxygens (including phenoxy) is 3. The minimum Gasteiger partial charge on any atom is -0.478 e. The Kier molecular flexibility index (Phi) is 7.60. The predicted octanol–water partition coefficient (Wildman–Crippen LogP) is 0.647. The first-order valence-electron chi connectivity index (χ1n) is 12.7. The lowest BCUT2D eigenvalue weighted by molar-refractivity contribution is -0.339. The van der Waals surface area contributed by atoms with Gasteiger partial charge in [0.25, 0.3) is 0 Å². The number of carbonyl (C=O) groups is 1. The average molecular weight is 531 g/mol. The molecule has 206 valence electrons. The summed E-state index contributed by atoms with van der Waals surface area (Å²) in [7, 11) is 2.01. The summed E-state index contributed by atoms with van der Waals surface area (Å²) in [6.07, 6.45) is -4.46. The van der Waals surface area contributed by atoms with E-state index in [-0.39, 0.29) is 11.6 Å². The predicted molar refractivity (Wildman–Crippen MR) is 135 cm³/mol. The number of carboxylic acids is 1. The third-order valence-corrected chi connectivity index (χ3v) is 8.05. The van der Waals surface area contributed by atoms with Crippen molar-refractivity contribution in [3.8, 4) is 0 Å². The first-order valence-corrected chi connectivity index (χ1v) is 12.7. The smallest absolute Gasteiger partial charge is 0.334 e. The molecule has 11 nitrogen and oxygen atoms in total. The zero-order chi connectivity index (χ0) is 27.1. The van der Waals surface area contributed by atoms with Gasteiger partial charge in [0.05, 0.1) is 24.5 Å². The number of aliphatic hydroxyl groups is 4. The Bertz CT molecular complexity index is 1210. The zero-order valence-corrected chi connectivity index (χ0v) is 21.0. The third kappa shape index (κ3) is 4.64. The lowest BCUT2D eigenvalue weighted by Gasteiger charge is -2.44. The van der Waals surface area contributed by atoms with Crippen molar-refractivity contribution in [2.75, 3.05) is 20.2 Å². The summed E-state index contributed by atoms with van der Waals surface area (Å²) in [6.45, 7) is 4.11. The second-order valence-electron chi connectivity index (χ2n) is 10.2. The topological polar surface area (TPSA) is 165 Å². The van der Waals surface area contributed by atoms with Crippen molar-refractivity contribution in [3.05, 3.63) is 60.0 Å². The van der Waals surface area contributed by atoms with Crippen LogP contribution in [0.1, 0.15) is 23.7 Å². The highest BCUT2D eigenvalue weighted by Gasteiger charge is 2.48. The molecule has 0 aliphatic carbocycles. The lowest BCUT2D eigenvalue weighted by Crippen LogP contribution is -2.60. The second-order valence-corrected chi connectivity index (χ2v) is 10.2. The molecule has 38 heavy (non-hydrogen) atoms. The molecule has 9 atom stereocenters. The van der Waals surface area contributed by atoms with Gasteiger partial charge in [0, 0.05) is 35.0 Å². The van der Waals surface area contributed by atoms with E-state index in [1.165, 1.54) is 5.56 Å². The number of nitrogens with one attached hydrogen (secondary N) is 1. The van der Waals surface area contributed by atoms with E-state index >= 15 is 0 Å². The van der Waals surface area contributed by atoms with Crippen molar-refractivity contribution in [1.29, 1.82) is 0 Å². The van der Waals surface area contributed by atoms with E-state index in [9.17, 15) is 30.3 Å². The Balaban J connectivity index is 1.44. The summed E-state index contributed by atoms with van der Waals surface area (Å²) in [5.74, 6) is -2.34. The van der Waals surface area contributed by atoms with Crippen LogP contribution in [0.3, 0.4) is 0 Å². The number of para-hydroxylation sites is 1. The normalized spacial score (nSPS) is 35.8. The molecule has 11 heteroatoms. The maximum Gasteiger partial charge on any atom is 0.334 e. The highest BCUT2D eigenvalue weighted by molar-refractivity contribution is 5.87. The Morgan fingerprint density at radius 1 is 1.21 bits per heavy atom. The molecule has 1 saturated heterocycles. The van der Waals surface area contributed by atoms with Gasteiger partial charge in [-0.15, -0.1) is 6.58 Å². The maximum absolute atomic E-state index is 12.2. The number of aliphatic carboxylic acids is 1. The molecule has 3 aliphatic rings. The largest absolute Gasteiger partial charge is 0.478 e. The van der Waals surface area contributed by atoms with Crippen LogP contribution in [0, 0.1) is 11.8 Å². The van der Waals surface area contributed by atoms with Crippen LogP contribution in [-0.4, -0.2) is 98.6 Å². The van der Waals surface area contributed by atoms with Gasteiger partial charge in [-0.05, 0) is 31.5 Å². The van der Waals surface area contributed by atoms with Gasteiger partial charge in [0.1, 0.15) is 24.4 Å². The molecule has 2 aromatic rings. The summed E-state index contributed by atoms with van der Waals surface area (Å²) in [6, 6.07) is 7.97. The Morgan fingerprint density at radius 2 is 1.97 bits per heavy atom. The van der Waals surface area contributed by atoms with E-state index in [2.05, 4.69) is 22.5 Å². The lowest BCUT2D eigenvalue weighted by atomic mass is 9.78. The number of aliphatic hydroxyl groups excluding tert-OH is 4. The summed E-state index contributed by atoms with van der Waals surface area (Å²) in [5, 5.41) is 51.3. The number of aromatic nitrogens is 1. The van der Waals surface area contributed by atoms with E-state index in [1.54, 1.807) is 6.08 Å². The Labute approximate surface area is 219 Å². The van der Waals surface area contributed by atoms with Crippen LogP contribution in [0.4, 0.5) is 0 Å². The number of aromatic amines is 1. The number of hydrogen-bond acceptors (Lipinski definition) is 9. The van der Waals surface area contributed by atoms with Gasteiger partial charge < -0.3 is 44.7 Å². The summed E-state index contributed by atoms with van der Waals surface area (Å²) in [4.78, 5) is 18.0. The first-order chi connectivity index (χ1) is 18.2. The molecule has 0 saturated carbocycles. The van der Waals surface area contributed by atoms with Crippen LogP contribution in [-0.2, 0) is 25.4 Å². The zero-order valence-electron chi connectivity index (χ0n) is 21.0.